The van der Waals surface area contributed by atoms with E-state index in [-0.39, 0.29) is 11.7 Å². The average Bonchev–Trinajstić information content (AvgIpc) is 2.87. The van der Waals surface area contributed by atoms with E-state index < -0.39 is 5.41 Å². The van der Waals surface area contributed by atoms with Crippen LogP contribution in [0.3, 0.4) is 0 Å². The first-order valence-electron chi connectivity index (χ1n) is 7.46. The summed E-state index contributed by atoms with van der Waals surface area (Å²) in [6.45, 7) is 2.54. The van der Waals surface area contributed by atoms with Crippen LogP contribution >= 0.6 is 0 Å². The molecule has 2 nitrogen and oxygen atoms in total. The van der Waals surface area contributed by atoms with Gasteiger partial charge >= 0.3 is 0 Å². The first-order valence-corrected chi connectivity index (χ1v) is 7.46. The van der Waals surface area contributed by atoms with E-state index in [4.69, 9.17) is 0 Å². The topological polar surface area (TPSA) is 20.3 Å². The lowest BCUT2D eigenvalue weighted by Gasteiger charge is -2.27. The van der Waals surface area contributed by atoms with Crippen molar-refractivity contribution < 1.29 is 9.18 Å². The van der Waals surface area contributed by atoms with E-state index >= 15 is 0 Å². The van der Waals surface area contributed by atoms with Crippen molar-refractivity contribution in [3.8, 4) is 0 Å². The van der Waals surface area contributed by atoms with Gasteiger partial charge in [-0.1, -0.05) is 49.4 Å². The zero-order valence-electron chi connectivity index (χ0n) is 12.5. The Morgan fingerprint density at radius 3 is 2.36 bits per heavy atom. The molecule has 0 aliphatic carbocycles. The van der Waals surface area contributed by atoms with E-state index in [9.17, 15) is 9.18 Å². The minimum Gasteiger partial charge on any atom is -0.314 e. The van der Waals surface area contributed by atoms with Gasteiger partial charge in [0.2, 0.25) is 5.91 Å². The van der Waals surface area contributed by atoms with E-state index in [0.29, 0.717) is 13.0 Å². The van der Waals surface area contributed by atoms with Crippen molar-refractivity contribution in [1.29, 1.82) is 0 Å². The lowest BCUT2D eigenvalue weighted by atomic mass is 9.78. The Morgan fingerprint density at radius 1 is 1.05 bits per heavy atom. The van der Waals surface area contributed by atoms with E-state index in [2.05, 4.69) is 0 Å². The van der Waals surface area contributed by atoms with Crippen LogP contribution in [0.5, 0.6) is 0 Å². The number of halogens is 1. The van der Waals surface area contributed by atoms with Gasteiger partial charge in [-0.2, -0.15) is 0 Å². The number of hydrogen-bond donors (Lipinski definition) is 0. The molecule has 0 bridgehead atoms. The van der Waals surface area contributed by atoms with Crippen molar-refractivity contribution in [2.45, 2.75) is 25.3 Å². The third-order valence-corrected chi connectivity index (χ3v) is 4.29. The van der Waals surface area contributed by atoms with Crippen molar-refractivity contribution >= 4 is 5.91 Å². The zero-order chi connectivity index (χ0) is 15.6. The van der Waals surface area contributed by atoms with Gasteiger partial charge in [-0.25, -0.2) is 4.39 Å². The molecule has 0 aromatic heterocycles. The maximum absolute atomic E-state index is 13.2. The largest absolute Gasteiger partial charge is 0.314 e. The van der Waals surface area contributed by atoms with Crippen LogP contribution in [-0.2, 0) is 16.8 Å². The van der Waals surface area contributed by atoms with E-state index in [1.807, 2.05) is 49.5 Å². The standard InChI is InChI=1S/C19H18FNO/c1-2-19(16-8-10-17(20)11-9-16)12-13-21(18(19)22)14-15-6-4-3-5-7-15/h3-13H,2,14H2,1H3. The Labute approximate surface area is 129 Å². The number of benzene rings is 2. The Bertz CT molecular complexity index is 693. The highest BCUT2D eigenvalue weighted by Gasteiger charge is 2.42. The summed E-state index contributed by atoms with van der Waals surface area (Å²) in [7, 11) is 0. The van der Waals surface area contributed by atoms with Crippen LogP contribution < -0.4 is 0 Å². The molecule has 0 saturated heterocycles. The van der Waals surface area contributed by atoms with Gasteiger partial charge in [-0.3, -0.25) is 4.79 Å². The van der Waals surface area contributed by atoms with E-state index in [1.54, 1.807) is 17.0 Å². The minimum absolute atomic E-state index is 0.0467. The summed E-state index contributed by atoms with van der Waals surface area (Å²) in [5.41, 5.74) is 1.25. The summed E-state index contributed by atoms with van der Waals surface area (Å²) < 4.78 is 13.2. The molecule has 1 amide bonds. The fraction of sp³-hybridized carbons (Fsp3) is 0.211. The van der Waals surface area contributed by atoms with Crippen molar-refractivity contribution in [3.63, 3.8) is 0 Å². The van der Waals surface area contributed by atoms with Crippen LogP contribution in [-0.4, -0.2) is 10.8 Å². The predicted molar refractivity (Wildman–Crippen MR) is 84.5 cm³/mol. The molecular weight excluding hydrogens is 277 g/mol. The summed E-state index contributed by atoms with van der Waals surface area (Å²) >= 11 is 0. The molecule has 1 unspecified atom stereocenters. The molecule has 1 aliphatic heterocycles. The summed E-state index contributed by atoms with van der Waals surface area (Å²) in [4.78, 5) is 14.7. The molecule has 112 valence electrons. The maximum atomic E-state index is 13.2. The third kappa shape index (κ3) is 2.43. The van der Waals surface area contributed by atoms with Gasteiger partial charge in [0.25, 0.3) is 0 Å². The first-order chi connectivity index (χ1) is 10.7. The highest BCUT2D eigenvalue weighted by molar-refractivity contribution is 5.93. The molecule has 3 rings (SSSR count). The summed E-state index contributed by atoms with van der Waals surface area (Å²) in [5.74, 6) is -0.240. The molecule has 0 spiro atoms. The van der Waals surface area contributed by atoms with Crippen molar-refractivity contribution in [3.05, 3.63) is 83.8 Å². The van der Waals surface area contributed by atoms with E-state index in [1.165, 1.54) is 12.1 Å². The molecule has 2 aromatic rings. The Morgan fingerprint density at radius 2 is 1.73 bits per heavy atom. The molecule has 2 aromatic carbocycles. The fourth-order valence-corrected chi connectivity index (χ4v) is 2.96. The molecule has 0 N–H and O–H groups in total. The van der Waals surface area contributed by atoms with E-state index in [0.717, 1.165) is 11.1 Å². The number of carbonyl (C=O) groups excluding carboxylic acids is 1. The molecule has 1 heterocycles. The Hall–Kier alpha value is -2.42. The normalized spacial score (nSPS) is 20.6. The second-order valence-corrected chi connectivity index (χ2v) is 5.57. The van der Waals surface area contributed by atoms with Crippen molar-refractivity contribution in [1.82, 2.24) is 4.90 Å². The van der Waals surface area contributed by atoms with Gasteiger partial charge < -0.3 is 4.90 Å². The lowest BCUT2D eigenvalue weighted by Crippen LogP contribution is -2.37. The number of rotatable bonds is 4. The van der Waals surface area contributed by atoms with Crippen LogP contribution in [0.25, 0.3) is 0 Å². The molecular formula is C19H18FNO. The quantitative estimate of drug-likeness (QED) is 0.834. The summed E-state index contributed by atoms with van der Waals surface area (Å²) in [5, 5.41) is 0. The molecule has 1 atom stereocenters. The van der Waals surface area contributed by atoms with Gasteiger partial charge in [0.1, 0.15) is 5.82 Å². The van der Waals surface area contributed by atoms with Crippen LogP contribution in [0.15, 0.2) is 66.9 Å². The molecule has 0 fully saturated rings. The molecule has 0 radical (unpaired) electrons. The minimum atomic E-state index is -0.678. The molecule has 3 heteroatoms. The predicted octanol–water partition coefficient (Wildman–Crippen LogP) is 4.03. The van der Waals surface area contributed by atoms with Gasteiger partial charge in [-0.05, 0) is 35.8 Å². The zero-order valence-corrected chi connectivity index (χ0v) is 12.5. The number of hydrogen-bond acceptors (Lipinski definition) is 1. The van der Waals surface area contributed by atoms with Crippen molar-refractivity contribution in [2.75, 3.05) is 0 Å². The molecule has 1 aliphatic rings. The summed E-state index contributed by atoms with van der Waals surface area (Å²) in [6, 6.07) is 16.1. The third-order valence-electron chi connectivity index (χ3n) is 4.29. The van der Waals surface area contributed by atoms with Crippen LogP contribution in [0.2, 0.25) is 0 Å². The van der Waals surface area contributed by atoms with Crippen LogP contribution in [0.4, 0.5) is 4.39 Å². The van der Waals surface area contributed by atoms with Gasteiger partial charge in [0.15, 0.2) is 0 Å². The monoisotopic (exact) mass is 295 g/mol. The molecule has 22 heavy (non-hydrogen) atoms. The fourth-order valence-electron chi connectivity index (χ4n) is 2.96. The smallest absolute Gasteiger partial charge is 0.241 e. The maximum Gasteiger partial charge on any atom is 0.241 e. The highest BCUT2D eigenvalue weighted by atomic mass is 19.1. The van der Waals surface area contributed by atoms with Gasteiger partial charge in [0, 0.05) is 6.20 Å². The Balaban J connectivity index is 1.88. The lowest BCUT2D eigenvalue weighted by molar-refractivity contribution is -0.132. The molecule has 0 saturated carbocycles. The summed E-state index contributed by atoms with van der Waals surface area (Å²) in [6.07, 6.45) is 4.44. The van der Waals surface area contributed by atoms with Crippen LogP contribution in [0, 0.1) is 5.82 Å². The Kier molecular flexibility index (Phi) is 3.80. The number of amides is 1. The average molecular weight is 295 g/mol. The number of nitrogens with zero attached hydrogens (tertiary/aromatic N) is 1. The van der Waals surface area contributed by atoms with Crippen LogP contribution in [0.1, 0.15) is 24.5 Å². The van der Waals surface area contributed by atoms with Gasteiger partial charge in [-0.15, -0.1) is 0 Å². The van der Waals surface area contributed by atoms with Gasteiger partial charge in [0.05, 0.1) is 12.0 Å². The second kappa shape index (κ2) is 5.76. The first kappa shape index (κ1) is 14.5. The highest BCUT2D eigenvalue weighted by Crippen LogP contribution is 2.37. The number of carbonyl (C=O) groups is 1. The SMILES string of the molecule is CCC1(c2ccc(F)cc2)C=CN(Cc2ccccc2)C1=O. The second-order valence-electron chi connectivity index (χ2n) is 5.57. The van der Waals surface area contributed by atoms with Crippen molar-refractivity contribution in [2.24, 2.45) is 0 Å².